The lowest BCUT2D eigenvalue weighted by Gasteiger charge is -2.11. The van der Waals surface area contributed by atoms with Gasteiger partial charge in [-0.1, -0.05) is 12.1 Å². The molecule has 0 aliphatic heterocycles. The number of carbonyl (C=O) groups excluding carboxylic acids is 1. The molecule has 1 unspecified atom stereocenters. The van der Waals surface area contributed by atoms with Gasteiger partial charge in [-0.15, -0.1) is 0 Å². The molecule has 1 rings (SSSR count). The van der Waals surface area contributed by atoms with Gasteiger partial charge in [0.15, 0.2) is 0 Å². The molecule has 0 bridgehead atoms. The summed E-state index contributed by atoms with van der Waals surface area (Å²) in [4.78, 5) is 10.6. The van der Waals surface area contributed by atoms with Gasteiger partial charge in [-0.3, -0.25) is 4.79 Å². The van der Waals surface area contributed by atoms with E-state index in [9.17, 15) is 13.2 Å². The second kappa shape index (κ2) is 4.95. The quantitative estimate of drug-likeness (QED) is 0.767. The van der Waals surface area contributed by atoms with Crippen LogP contribution < -0.4 is 10.5 Å². The summed E-state index contributed by atoms with van der Waals surface area (Å²) in [6.45, 7) is 1.33. The first kappa shape index (κ1) is 13.2. The van der Waals surface area contributed by atoms with Gasteiger partial charge in [0.2, 0.25) is 15.9 Å². The summed E-state index contributed by atoms with van der Waals surface area (Å²) in [7, 11) is -3.92. The zero-order chi connectivity index (χ0) is 13.1. The number of carbonyl (C=O) groups is 1. The summed E-state index contributed by atoms with van der Waals surface area (Å²) in [5, 5.41) is 8.79. The third-order valence-corrected chi connectivity index (χ3v) is 3.65. The van der Waals surface area contributed by atoms with Crippen molar-refractivity contribution in [3.05, 3.63) is 29.8 Å². The van der Waals surface area contributed by atoms with Crippen LogP contribution >= 0.6 is 0 Å². The van der Waals surface area contributed by atoms with E-state index in [2.05, 4.69) is 4.72 Å². The van der Waals surface area contributed by atoms with Crippen LogP contribution in [-0.4, -0.2) is 20.4 Å². The standard InChI is InChI=1S/C10H11N3O3S/c1-7(10(12)14)13-17(15,16)9-5-3-2-4-8(9)6-11/h2-5,7,13H,1H3,(H2,12,14). The van der Waals surface area contributed by atoms with Crippen LogP contribution in [0.25, 0.3) is 0 Å². The van der Waals surface area contributed by atoms with E-state index >= 15 is 0 Å². The summed E-state index contributed by atoms with van der Waals surface area (Å²) in [6, 6.07) is 6.44. The Morgan fingerprint density at radius 2 is 2.06 bits per heavy atom. The molecule has 3 N–H and O–H groups in total. The molecule has 0 saturated carbocycles. The number of nitrogens with one attached hydrogen (secondary N) is 1. The monoisotopic (exact) mass is 253 g/mol. The minimum atomic E-state index is -3.92. The lowest BCUT2D eigenvalue weighted by atomic mass is 10.2. The fraction of sp³-hybridized carbons (Fsp3) is 0.200. The molecule has 0 aliphatic rings. The number of hydrogen-bond donors (Lipinski definition) is 2. The molecule has 90 valence electrons. The number of benzene rings is 1. The van der Waals surface area contributed by atoms with Crippen LogP contribution in [0.4, 0.5) is 0 Å². The molecule has 0 saturated heterocycles. The average Bonchev–Trinajstić information content (AvgIpc) is 2.28. The van der Waals surface area contributed by atoms with Crippen molar-refractivity contribution in [1.82, 2.24) is 4.72 Å². The SMILES string of the molecule is CC(NS(=O)(=O)c1ccccc1C#N)C(N)=O. The first-order valence-electron chi connectivity index (χ1n) is 4.69. The molecule has 17 heavy (non-hydrogen) atoms. The summed E-state index contributed by atoms with van der Waals surface area (Å²) in [5.41, 5.74) is 4.97. The van der Waals surface area contributed by atoms with E-state index < -0.39 is 22.0 Å². The van der Waals surface area contributed by atoms with Crippen molar-refractivity contribution in [1.29, 1.82) is 5.26 Å². The molecular weight excluding hydrogens is 242 g/mol. The van der Waals surface area contributed by atoms with E-state index in [4.69, 9.17) is 11.0 Å². The molecule has 0 fully saturated rings. The van der Waals surface area contributed by atoms with Crippen LogP contribution in [0.2, 0.25) is 0 Å². The summed E-state index contributed by atoms with van der Waals surface area (Å²) in [6.07, 6.45) is 0. The van der Waals surface area contributed by atoms with Gasteiger partial charge in [-0.25, -0.2) is 8.42 Å². The number of nitrogens with two attached hydrogens (primary N) is 1. The summed E-state index contributed by atoms with van der Waals surface area (Å²) < 4.78 is 25.8. The Balaban J connectivity index is 3.15. The topological polar surface area (TPSA) is 113 Å². The smallest absolute Gasteiger partial charge is 0.242 e. The van der Waals surface area contributed by atoms with Gasteiger partial charge in [0.05, 0.1) is 16.5 Å². The summed E-state index contributed by atoms with van der Waals surface area (Å²) in [5.74, 6) is -0.789. The number of nitrogens with zero attached hydrogens (tertiary/aromatic N) is 1. The maximum absolute atomic E-state index is 11.9. The molecule has 0 spiro atoms. The normalized spacial score (nSPS) is 12.7. The van der Waals surface area contributed by atoms with Crippen molar-refractivity contribution in [2.24, 2.45) is 5.73 Å². The van der Waals surface area contributed by atoms with Crippen molar-refractivity contribution < 1.29 is 13.2 Å². The molecule has 1 atom stereocenters. The number of hydrogen-bond acceptors (Lipinski definition) is 4. The fourth-order valence-electron chi connectivity index (χ4n) is 1.15. The molecular formula is C10H11N3O3S. The van der Waals surface area contributed by atoms with E-state index in [1.807, 2.05) is 0 Å². The third-order valence-electron chi connectivity index (χ3n) is 2.06. The summed E-state index contributed by atoms with van der Waals surface area (Å²) >= 11 is 0. The minimum absolute atomic E-state index is 0.0108. The van der Waals surface area contributed by atoms with Crippen LogP contribution in [0.15, 0.2) is 29.2 Å². The highest BCUT2D eigenvalue weighted by Crippen LogP contribution is 2.14. The van der Waals surface area contributed by atoms with Gasteiger partial charge in [-0.2, -0.15) is 9.98 Å². The third kappa shape index (κ3) is 3.03. The lowest BCUT2D eigenvalue weighted by molar-refractivity contribution is -0.119. The van der Waals surface area contributed by atoms with Crippen molar-refractivity contribution in [2.45, 2.75) is 17.9 Å². The number of primary amides is 1. The van der Waals surface area contributed by atoms with E-state index in [-0.39, 0.29) is 10.5 Å². The lowest BCUT2D eigenvalue weighted by Crippen LogP contribution is -2.42. The molecule has 0 aromatic heterocycles. The van der Waals surface area contributed by atoms with Crippen molar-refractivity contribution in [3.63, 3.8) is 0 Å². The Bertz CT molecular complexity index is 575. The Morgan fingerprint density at radius 3 is 2.59 bits per heavy atom. The number of sulfonamides is 1. The molecule has 1 aromatic rings. The van der Waals surface area contributed by atoms with Crippen molar-refractivity contribution >= 4 is 15.9 Å². The van der Waals surface area contributed by atoms with Gasteiger partial charge in [0.25, 0.3) is 0 Å². The molecule has 7 heteroatoms. The zero-order valence-electron chi connectivity index (χ0n) is 9.04. The predicted molar refractivity (Wildman–Crippen MR) is 60.1 cm³/mol. The van der Waals surface area contributed by atoms with E-state index in [0.717, 1.165) is 0 Å². The largest absolute Gasteiger partial charge is 0.368 e. The highest BCUT2D eigenvalue weighted by atomic mass is 32.2. The second-order valence-electron chi connectivity index (χ2n) is 3.35. The number of amides is 1. The number of rotatable bonds is 4. The van der Waals surface area contributed by atoms with Gasteiger partial charge in [-0.05, 0) is 19.1 Å². The van der Waals surface area contributed by atoms with Crippen LogP contribution in [0, 0.1) is 11.3 Å². The van der Waals surface area contributed by atoms with Crippen LogP contribution in [0.3, 0.4) is 0 Å². The second-order valence-corrected chi connectivity index (χ2v) is 5.04. The van der Waals surface area contributed by atoms with Gasteiger partial charge in [0, 0.05) is 0 Å². The average molecular weight is 253 g/mol. The molecule has 0 radical (unpaired) electrons. The van der Waals surface area contributed by atoms with E-state index in [0.29, 0.717) is 0 Å². The maximum atomic E-state index is 11.9. The van der Waals surface area contributed by atoms with Crippen LogP contribution in [-0.2, 0) is 14.8 Å². The zero-order valence-corrected chi connectivity index (χ0v) is 9.86. The van der Waals surface area contributed by atoms with Crippen molar-refractivity contribution in [2.75, 3.05) is 0 Å². The highest BCUT2D eigenvalue weighted by molar-refractivity contribution is 7.89. The highest BCUT2D eigenvalue weighted by Gasteiger charge is 2.22. The Hall–Kier alpha value is -1.91. The Kier molecular flexibility index (Phi) is 3.83. The number of nitriles is 1. The minimum Gasteiger partial charge on any atom is -0.368 e. The van der Waals surface area contributed by atoms with E-state index in [1.165, 1.54) is 25.1 Å². The first-order chi connectivity index (χ1) is 7.88. The van der Waals surface area contributed by atoms with Gasteiger partial charge in [0.1, 0.15) is 6.07 Å². The van der Waals surface area contributed by atoms with Gasteiger partial charge >= 0.3 is 0 Å². The fourth-order valence-corrected chi connectivity index (χ4v) is 2.52. The molecule has 0 heterocycles. The van der Waals surface area contributed by atoms with E-state index in [1.54, 1.807) is 12.1 Å². The van der Waals surface area contributed by atoms with Crippen LogP contribution in [0.1, 0.15) is 12.5 Å². The molecule has 1 aromatic carbocycles. The van der Waals surface area contributed by atoms with Crippen LogP contribution in [0.5, 0.6) is 0 Å². The van der Waals surface area contributed by atoms with Gasteiger partial charge < -0.3 is 5.73 Å². The maximum Gasteiger partial charge on any atom is 0.242 e. The predicted octanol–water partition coefficient (Wildman–Crippen LogP) is -0.290. The molecule has 1 amide bonds. The first-order valence-corrected chi connectivity index (χ1v) is 6.17. The molecule has 6 nitrogen and oxygen atoms in total. The Labute approximate surface area is 99.1 Å². The Morgan fingerprint density at radius 1 is 1.47 bits per heavy atom. The van der Waals surface area contributed by atoms with Crippen molar-refractivity contribution in [3.8, 4) is 6.07 Å². The molecule has 0 aliphatic carbocycles.